The van der Waals surface area contributed by atoms with E-state index in [1.165, 1.54) is 0 Å². The monoisotopic (exact) mass is 549 g/mol. The fourth-order valence-corrected chi connectivity index (χ4v) is 4.61. The molecular weight excluding hydrogens is 526 g/mol. The van der Waals surface area contributed by atoms with Crippen molar-refractivity contribution in [3.63, 3.8) is 0 Å². The van der Waals surface area contributed by atoms with Crippen LogP contribution in [-0.2, 0) is 36.3 Å². The number of carboxylic acids is 2. The summed E-state index contributed by atoms with van der Waals surface area (Å²) in [5.74, 6) is -3.65. The molecule has 5 aromatic rings. The fourth-order valence-electron chi connectivity index (χ4n) is 4.42. The summed E-state index contributed by atoms with van der Waals surface area (Å²) >= 11 is 6.25. The average molecular weight is 550 g/mol. The Balaban J connectivity index is 0.000000531. The van der Waals surface area contributed by atoms with Crippen molar-refractivity contribution in [2.24, 2.45) is 21.1 Å². The molecule has 5 rings (SSSR count). The van der Waals surface area contributed by atoms with Crippen LogP contribution < -0.4 is 5.56 Å². The molecule has 2 aromatic carbocycles. The number of aliphatic carboxylic acids is 2. The van der Waals surface area contributed by atoms with Gasteiger partial charge in [-0.3, -0.25) is 4.79 Å². The van der Waals surface area contributed by atoms with Crippen LogP contribution in [0.15, 0.2) is 78.4 Å². The van der Waals surface area contributed by atoms with Crippen molar-refractivity contribution < 1.29 is 24.9 Å². The first kappa shape index (κ1) is 27.3. The summed E-state index contributed by atoms with van der Waals surface area (Å²) in [4.78, 5) is 39.4. The van der Waals surface area contributed by atoms with Crippen LogP contribution in [0.5, 0.6) is 0 Å². The van der Waals surface area contributed by atoms with E-state index >= 15 is 0 Å². The molecule has 0 radical (unpaired) electrons. The predicted molar refractivity (Wildman–Crippen MR) is 143 cm³/mol. The number of aliphatic hydroxyl groups is 1. The number of hydrogen-bond donors (Lipinski definition) is 3. The van der Waals surface area contributed by atoms with Gasteiger partial charge in [-0.25, -0.2) is 19.6 Å². The molecule has 0 aliphatic carbocycles. The molecule has 3 N–H and O–H groups in total. The van der Waals surface area contributed by atoms with Crippen LogP contribution in [0.1, 0.15) is 17.0 Å². The molecule has 11 nitrogen and oxygen atoms in total. The highest BCUT2D eigenvalue weighted by Gasteiger charge is 2.39. The number of carboxylic acid groups (broad SMARTS) is 2. The molecule has 0 aliphatic rings. The van der Waals surface area contributed by atoms with Crippen LogP contribution in [0.3, 0.4) is 0 Å². The largest absolute Gasteiger partial charge is 0.473 e. The molecule has 0 saturated heterocycles. The first-order valence-electron chi connectivity index (χ1n) is 11.5. The summed E-state index contributed by atoms with van der Waals surface area (Å²) < 4.78 is 5.17. The van der Waals surface area contributed by atoms with E-state index in [4.69, 9.17) is 31.4 Å². The summed E-state index contributed by atoms with van der Waals surface area (Å²) in [6.07, 6.45) is 6.60. The number of imidazole rings is 2. The number of aryl methyl sites for hydroxylation is 3. The molecule has 0 bridgehead atoms. The number of benzene rings is 2. The SMILES string of the molecule is Cn1cncc1C(O)(c1ccc2c(c1)c(-c1cccc(Cl)c1)cc(=O)n2C)c1cncn1C.O=C(O)C(=O)O. The Morgan fingerprint density at radius 2 is 1.46 bits per heavy atom. The van der Waals surface area contributed by atoms with Crippen LogP contribution >= 0.6 is 11.6 Å². The van der Waals surface area contributed by atoms with Crippen molar-refractivity contribution in [2.75, 3.05) is 0 Å². The normalized spacial score (nSPS) is 11.2. The van der Waals surface area contributed by atoms with Gasteiger partial charge in [0.2, 0.25) is 0 Å². The van der Waals surface area contributed by atoms with Crippen molar-refractivity contribution in [1.82, 2.24) is 23.7 Å². The topological polar surface area (TPSA) is 152 Å². The van der Waals surface area contributed by atoms with Crippen LogP contribution in [0.2, 0.25) is 5.02 Å². The number of nitrogens with zero attached hydrogens (tertiary/aromatic N) is 5. The summed E-state index contributed by atoms with van der Waals surface area (Å²) in [6, 6.07) is 14.6. The van der Waals surface area contributed by atoms with Crippen molar-refractivity contribution in [3.05, 3.63) is 106 Å². The molecule has 0 atom stereocenters. The van der Waals surface area contributed by atoms with E-state index in [0.29, 0.717) is 22.0 Å². The third kappa shape index (κ3) is 5.05. The Kier molecular flexibility index (Phi) is 7.39. The maximum Gasteiger partial charge on any atom is 0.414 e. The number of halogens is 1. The van der Waals surface area contributed by atoms with Gasteiger partial charge in [0.25, 0.3) is 5.56 Å². The van der Waals surface area contributed by atoms with E-state index in [0.717, 1.165) is 22.0 Å². The summed E-state index contributed by atoms with van der Waals surface area (Å²) in [5.41, 5.74) is 2.49. The second-order valence-electron chi connectivity index (χ2n) is 8.80. The van der Waals surface area contributed by atoms with Crippen molar-refractivity contribution in [3.8, 4) is 11.1 Å². The lowest BCUT2D eigenvalue weighted by Crippen LogP contribution is -2.33. The molecule has 0 spiro atoms. The Morgan fingerprint density at radius 3 is 1.95 bits per heavy atom. The minimum Gasteiger partial charge on any atom is -0.473 e. The molecule has 0 unspecified atom stereocenters. The Hall–Kier alpha value is -4.74. The molecule has 3 heterocycles. The highest BCUT2D eigenvalue weighted by Crippen LogP contribution is 2.39. The lowest BCUT2D eigenvalue weighted by atomic mass is 9.85. The second-order valence-corrected chi connectivity index (χ2v) is 9.23. The zero-order chi connectivity index (χ0) is 28.5. The molecule has 3 aromatic heterocycles. The number of carbonyl (C=O) groups is 2. The van der Waals surface area contributed by atoms with Gasteiger partial charge in [0, 0.05) is 37.6 Å². The number of aromatic nitrogens is 5. The van der Waals surface area contributed by atoms with Crippen molar-refractivity contribution in [1.29, 1.82) is 0 Å². The van der Waals surface area contributed by atoms with Gasteiger partial charge in [-0.15, -0.1) is 0 Å². The van der Waals surface area contributed by atoms with E-state index in [1.54, 1.807) is 57.9 Å². The van der Waals surface area contributed by atoms with Crippen LogP contribution in [0, 0.1) is 0 Å². The quantitative estimate of drug-likeness (QED) is 0.289. The number of rotatable bonds is 4. The maximum atomic E-state index is 12.7. The van der Waals surface area contributed by atoms with Gasteiger partial charge < -0.3 is 29.0 Å². The minimum absolute atomic E-state index is 0.126. The summed E-state index contributed by atoms with van der Waals surface area (Å²) in [6.45, 7) is 0. The molecular formula is C27H24ClN5O6. The Morgan fingerprint density at radius 1 is 0.872 bits per heavy atom. The average Bonchev–Trinajstić information content (AvgIpc) is 3.54. The highest BCUT2D eigenvalue weighted by atomic mass is 35.5. The van der Waals surface area contributed by atoms with E-state index < -0.39 is 17.5 Å². The first-order chi connectivity index (χ1) is 18.4. The molecule has 12 heteroatoms. The smallest absolute Gasteiger partial charge is 0.414 e. The van der Waals surface area contributed by atoms with Gasteiger partial charge in [0.1, 0.15) is 0 Å². The van der Waals surface area contributed by atoms with Gasteiger partial charge in [-0.05, 0) is 41.0 Å². The third-order valence-corrected chi connectivity index (χ3v) is 6.59. The number of hydrogen-bond acceptors (Lipinski definition) is 6. The van der Waals surface area contributed by atoms with Gasteiger partial charge in [-0.1, -0.05) is 29.8 Å². The third-order valence-electron chi connectivity index (χ3n) is 6.36. The number of fused-ring (bicyclic) bond motifs is 1. The minimum atomic E-state index is -1.82. The van der Waals surface area contributed by atoms with E-state index in [9.17, 15) is 9.90 Å². The van der Waals surface area contributed by atoms with E-state index in [-0.39, 0.29) is 5.56 Å². The van der Waals surface area contributed by atoms with Crippen LogP contribution in [0.4, 0.5) is 0 Å². The van der Waals surface area contributed by atoms with E-state index in [1.807, 2.05) is 50.5 Å². The van der Waals surface area contributed by atoms with Crippen LogP contribution in [0.25, 0.3) is 22.0 Å². The highest BCUT2D eigenvalue weighted by molar-refractivity contribution is 6.31. The van der Waals surface area contributed by atoms with E-state index in [2.05, 4.69) is 9.97 Å². The molecule has 0 aliphatic heterocycles. The zero-order valence-corrected chi connectivity index (χ0v) is 21.9. The molecule has 0 fully saturated rings. The molecule has 0 amide bonds. The lowest BCUT2D eigenvalue weighted by Gasteiger charge is -2.30. The molecule has 39 heavy (non-hydrogen) atoms. The summed E-state index contributed by atoms with van der Waals surface area (Å²) in [5, 5.41) is 28.4. The first-order valence-corrected chi connectivity index (χ1v) is 11.8. The van der Waals surface area contributed by atoms with Crippen LogP contribution in [-0.4, -0.2) is 50.9 Å². The lowest BCUT2D eigenvalue weighted by molar-refractivity contribution is -0.159. The van der Waals surface area contributed by atoms with Gasteiger partial charge in [-0.2, -0.15) is 0 Å². The Bertz CT molecular complexity index is 1720. The zero-order valence-electron chi connectivity index (χ0n) is 21.1. The standard InChI is InChI=1S/C25H22ClN5O2.C2H2O4/c1-29-14-27-12-22(29)25(33,23-13-28-15-30(23)2)17-7-8-21-20(10-17)19(11-24(32)31(21)3)16-5-4-6-18(26)9-16;3-1(4)2(5)6/h4-15,33H,1-3H3;(H,3,4)(H,5,6). The second kappa shape index (κ2) is 10.6. The number of pyridine rings is 1. The van der Waals surface area contributed by atoms with Crippen molar-refractivity contribution >= 4 is 34.4 Å². The Labute approximate surface area is 226 Å². The molecule has 200 valence electrons. The summed E-state index contributed by atoms with van der Waals surface area (Å²) in [7, 11) is 5.41. The van der Waals surface area contributed by atoms with Crippen molar-refractivity contribution in [2.45, 2.75) is 5.60 Å². The predicted octanol–water partition coefficient (Wildman–Crippen LogP) is 2.77. The van der Waals surface area contributed by atoms with Gasteiger partial charge in [0.15, 0.2) is 5.60 Å². The maximum absolute atomic E-state index is 12.7. The van der Waals surface area contributed by atoms with Gasteiger partial charge in [0.05, 0.1) is 42.0 Å². The molecule has 0 saturated carbocycles. The van der Waals surface area contributed by atoms with Gasteiger partial charge >= 0.3 is 11.9 Å². The fraction of sp³-hybridized carbons (Fsp3) is 0.148.